The summed E-state index contributed by atoms with van der Waals surface area (Å²) in [4.78, 5) is 10.6. The third-order valence-electron chi connectivity index (χ3n) is 0.653. The van der Waals surface area contributed by atoms with Gasteiger partial charge in [-0.2, -0.15) is 0 Å². The Morgan fingerprint density at radius 1 is 2.09 bits per heavy atom. The van der Waals surface area contributed by atoms with Crippen LogP contribution in [0, 0.1) is 0 Å². The summed E-state index contributed by atoms with van der Waals surface area (Å²) in [5.41, 5.74) is 0. The molecule has 0 amide bonds. The average Bonchev–Trinajstić information content (AvgIpc) is 2.23. The van der Waals surface area contributed by atoms with Gasteiger partial charge in [-0.15, -0.1) is 0 Å². The number of nitrogens with zero attached hydrogens (tertiary/aromatic N) is 1. The minimum absolute atomic E-state index is 0.484. The molecule has 0 aromatic carbocycles. The van der Waals surface area contributed by atoms with Crippen LogP contribution in [0.4, 0.5) is 0 Å². The van der Waals surface area contributed by atoms with Gasteiger partial charge in [0.25, 0.3) is 0 Å². The largest absolute Gasteiger partial charge is 0.550 e. The molecule has 0 unspecified atom stereocenters. The van der Waals surface area contributed by atoms with Gasteiger partial charge in [-0.05, 0) is 0 Å². The Balaban J connectivity index is 6.30. The zero-order chi connectivity index (χ0) is 17.5. The Morgan fingerprint density at radius 2 is 2.73 bits per heavy atom. The fraction of sp³-hybridized carbons (Fsp3) is 0.857. The third-order valence-corrected chi connectivity index (χ3v) is 0.653. The van der Waals surface area contributed by atoms with Crippen molar-refractivity contribution < 1.29 is 31.8 Å². The summed E-state index contributed by atoms with van der Waals surface area (Å²) in [7, 11) is 0.484. The van der Waals surface area contributed by atoms with Crippen molar-refractivity contribution in [3.63, 3.8) is 0 Å². The Morgan fingerprint density at radius 3 is 3.09 bits per heavy atom. The maximum Gasteiger partial charge on any atom is 0.211 e. The standard InChI is InChI=1S/C7H15NO3/c1-8(2,3)5-6(9)4-7(10)11/h6,9H,4-5H2,1-3H3/t6-/m1/s1/i1D3,2D3,5D2,6D,9D. The molecule has 0 fully saturated rings. The number of carbonyl (C=O) groups excluding carboxylic acids is 1. The van der Waals surface area contributed by atoms with Gasteiger partial charge in [-0.3, -0.25) is 0 Å². The van der Waals surface area contributed by atoms with E-state index in [1.54, 1.807) is 0 Å². The monoisotopic (exact) mass is 171 g/mol. The van der Waals surface area contributed by atoms with Gasteiger partial charge in [0.1, 0.15) is 12.6 Å². The first-order chi connectivity index (χ1) is 8.98. The predicted molar refractivity (Wildman–Crippen MR) is 38.5 cm³/mol. The molecule has 0 heterocycles. The number of aliphatic carboxylic acids is 1. The Hall–Kier alpha value is -0.610. The van der Waals surface area contributed by atoms with Crippen LogP contribution in [0.1, 0.15) is 18.8 Å². The molecule has 1 N–H and O–H groups in total. The van der Waals surface area contributed by atoms with Crippen LogP contribution in [0.25, 0.3) is 0 Å². The van der Waals surface area contributed by atoms with Crippen LogP contribution >= 0.6 is 0 Å². The minimum Gasteiger partial charge on any atom is -0.550 e. The Kier molecular flexibility index (Phi) is 0.817. The first-order valence-electron chi connectivity index (χ1n) is 7.60. The van der Waals surface area contributed by atoms with Gasteiger partial charge < -0.3 is 19.5 Å². The number of likely N-dealkylation sites (N-methyl/N-ethyl adjacent to an activating group) is 1. The molecule has 0 saturated carbocycles. The number of carboxylic acid groups (broad SMARTS) is 1. The van der Waals surface area contributed by atoms with Gasteiger partial charge in [0.2, 0.25) is 1.43 Å². The lowest BCUT2D eigenvalue weighted by Gasteiger charge is -2.26. The fourth-order valence-electron chi connectivity index (χ4n) is 0.420. The van der Waals surface area contributed by atoms with E-state index in [1.807, 2.05) is 0 Å². The van der Waals surface area contributed by atoms with Crippen molar-refractivity contribution in [1.82, 2.24) is 0 Å². The second-order valence-corrected chi connectivity index (χ2v) is 2.09. The molecule has 0 rings (SSSR count). The van der Waals surface area contributed by atoms with Crippen molar-refractivity contribution in [3.8, 4) is 0 Å². The van der Waals surface area contributed by atoms with E-state index in [-0.39, 0.29) is 0 Å². The fourth-order valence-corrected chi connectivity index (χ4v) is 0.420. The summed E-state index contributed by atoms with van der Waals surface area (Å²) in [6.07, 6.45) is -4.83. The van der Waals surface area contributed by atoms with Crippen LogP contribution in [-0.4, -0.2) is 50.6 Å². The molecule has 0 aromatic rings. The summed E-state index contributed by atoms with van der Waals surface area (Å²) < 4.78 is 71.1. The highest BCUT2D eigenvalue weighted by Crippen LogP contribution is 1.97. The first-order valence-corrected chi connectivity index (χ1v) is 2.69. The van der Waals surface area contributed by atoms with E-state index in [2.05, 4.69) is 5.11 Å². The molecule has 0 aliphatic heterocycles. The second kappa shape index (κ2) is 3.69. The molecule has 0 radical (unpaired) electrons. The van der Waals surface area contributed by atoms with E-state index < -0.39 is 43.4 Å². The van der Waals surface area contributed by atoms with Crippen molar-refractivity contribution in [2.24, 2.45) is 0 Å². The molecule has 0 saturated heterocycles. The number of quaternary nitrogens is 1. The van der Waals surface area contributed by atoms with Crippen LogP contribution in [0.5, 0.6) is 0 Å². The van der Waals surface area contributed by atoms with Crippen LogP contribution < -0.4 is 5.11 Å². The molecule has 0 aliphatic carbocycles. The molecular formula is C7H15NO3. The normalized spacial score (nSPS) is 34.3. The lowest BCUT2D eigenvalue weighted by molar-refractivity contribution is -0.873. The molecule has 0 aromatic heterocycles. The predicted octanol–water partition coefficient (Wildman–Crippen LogP) is -1.81. The highest BCUT2D eigenvalue weighted by molar-refractivity contribution is 5.64. The van der Waals surface area contributed by atoms with Crippen molar-refractivity contribution in [3.05, 3.63) is 0 Å². The summed E-state index contributed by atoms with van der Waals surface area (Å²) >= 11 is 0. The van der Waals surface area contributed by atoms with E-state index in [0.717, 1.165) is 0 Å². The molecule has 66 valence electrons. The van der Waals surface area contributed by atoms with Gasteiger partial charge >= 0.3 is 0 Å². The molecule has 0 spiro atoms. The molecular weight excluding hydrogens is 146 g/mol. The van der Waals surface area contributed by atoms with Gasteiger partial charge in [0.15, 0.2) is 0 Å². The SMILES string of the molecule is [2H]O[C@]([2H])(CC(=O)[O-])C([2H])([2H])[N+](C)(C([2H])([2H])[2H])C([2H])([2H])[2H]. The van der Waals surface area contributed by atoms with Gasteiger partial charge in [-0.25, -0.2) is 0 Å². The van der Waals surface area contributed by atoms with Crippen molar-refractivity contribution >= 4 is 5.97 Å². The highest BCUT2D eigenvalue weighted by Gasteiger charge is 2.14. The zero-order valence-corrected chi connectivity index (χ0v) is 5.88. The quantitative estimate of drug-likeness (QED) is 0.496. The number of hydrogen-bond donors (Lipinski definition) is 1. The number of carbonyl (C=O) groups is 1. The lowest BCUT2D eigenvalue weighted by atomic mass is 10.2. The molecule has 0 bridgehead atoms. The van der Waals surface area contributed by atoms with Crippen molar-refractivity contribution in [2.75, 3.05) is 27.5 Å². The number of hydrogen-bond acceptors (Lipinski definition) is 3. The second-order valence-electron chi connectivity index (χ2n) is 2.09. The average molecular weight is 171 g/mol. The smallest absolute Gasteiger partial charge is 0.211 e. The molecule has 11 heavy (non-hydrogen) atoms. The van der Waals surface area contributed by atoms with Crippen molar-refractivity contribution in [1.29, 1.82) is 1.43 Å². The van der Waals surface area contributed by atoms with E-state index >= 15 is 0 Å². The molecule has 0 aliphatic rings. The third kappa shape index (κ3) is 7.29. The maximum atomic E-state index is 10.6. The van der Waals surface area contributed by atoms with Crippen LogP contribution in [0.3, 0.4) is 0 Å². The molecule has 4 nitrogen and oxygen atoms in total. The van der Waals surface area contributed by atoms with Gasteiger partial charge in [0, 0.05) is 12.4 Å². The minimum atomic E-state index is -3.59. The zero-order valence-electron chi connectivity index (χ0n) is 15.9. The summed E-state index contributed by atoms with van der Waals surface area (Å²) in [6, 6.07) is 0. The summed E-state index contributed by atoms with van der Waals surface area (Å²) in [5.74, 6) is -2.00. The van der Waals surface area contributed by atoms with Crippen LogP contribution in [-0.2, 0) is 4.79 Å². The number of carboxylic acids is 1. The van der Waals surface area contributed by atoms with Crippen LogP contribution in [0.2, 0.25) is 0 Å². The van der Waals surface area contributed by atoms with Gasteiger partial charge in [0.05, 0.1) is 33.3 Å². The highest BCUT2D eigenvalue weighted by atomic mass is 16.4. The first kappa shape index (κ1) is 2.44. The number of aliphatic hydroxyl groups is 1. The van der Waals surface area contributed by atoms with E-state index in [1.165, 1.54) is 0 Å². The van der Waals surface area contributed by atoms with Gasteiger partial charge in [-0.1, -0.05) is 0 Å². The molecule has 4 heteroatoms. The van der Waals surface area contributed by atoms with Crippen molar-refractivity contribution in [2.45, 2.75) is 12.5 Å². The topological polar surface area (TPSA) is 60.4 Å². The number of rotatable bonds is 5. The molecule has 1 atom stereocenters. The Labute approximate surface area is 80.8 Å². The Bertz CT molecular complexity index is 390. The maximum absolute atomic E-state index is 10.6. The lowest BCUT2D eigenvalue weighted by Crippen LogP contribution is -2.43. The summed E-state index contributed by atoms with van der Waals surface area (Å²) in [6.45, 7) is -10.6. The summed E-state index contributed by atoms with van der Waals surface area (Å²) in [5, 5.41) is 14.4. The van der Waals surface area contributed by atoms with E-state index in [0.29, 0.717) is 7.05 Å². The van der Waals surface area contributed by atoms with E-state index in [4.69, 9.17) is 13.8 Å². The van der Waals surface area contributed by atoms with E-state index in [9.17, 15) is 9.90 Å². The van der Waals surface area contributed by atoms with Crippen LogP contribution in [0.15, 0.2) is 0 Å².